The highest BCUT2D eigenvalue weighted by molar-refractivity contribution is 6.30. The zero-order valence-corrected chi connectivity index (χ0v) is 18.1. The molecule has 30 heavy (non-hydrogen) atoms. The molecule has 1 N–H and O–H groups in total. The first-order valence-corrected chi connectivity index (χ1v) is 11.0. The summed E-state index contributed by atoms with van der Waals surface area (Å²) in [5.74, 6) is 1.69. The lowest BCUT2D eigenvalue weighted by atomic mass is 9.88. The number of carbonyl (C=O) groups excluding carboxylic acids is 1. The van der Waals surface area contributed by atoms with E-state index in [0.717, 1.165) is 35.9 Å². The van der Waals surface area contributed by atoms with Crippen molar-refractivity contribution in [1.29, 1.82) is 0 Å². The number of amides is 1. The Labute approximate surface area is 182 Å². The fourth-order valence-corrected chi connectivity index (χ4v) is 4.72. The van der Waals surface area contributed by atoms with E-state index in [2.05, 4.69) is 30.2 Å². The van der Waals surface area contributed by atoms with Crippen LogP contribution in [0.3, 0.4) is 0 Å². The predicted molar refractivity (Wildman–Crippen MR) is 121 cm³/mol. The first-order chi connectivity index (χ1) is 14.5. The third-order valence-corrected chi connectivity index (χ3v) is 6.43. The summed E-state index contributed by atoms with van der Waals surface area (Å²) in [4.78, 5) is 17.1. The van der Waals surface area contributed by atoms with Crippen LogP contribution >= 0.6 is 11.6 Å². The van der Waals surface area contributed by atoms with E-state index in [1.807, 2.05) is 24.3 Å². The Morgan fingerprint density at radius 1 is 1.17 bits per heavy atom. The van der Waals surface area contributed by atoms with Gasteiger partial charge >= 0.3 is 0 Å². The van der Waals surface area contributed by atoms with Crippen LogP contribution in [0.4, 0.5) is 0 Å². The number of carbonyl (C=O) groups is 1. The molecule has 0 spiro atoms. The molecule has 1 heterocycles. The summed E-state index contributed by atoms with van der Waals surface area (Å²) in [7, 11) is 0. The van der Waals surface area contributed by atoms with Gasteiger partial charge in [-0.25, -0.2) is 0 Å². The minimum Gasteiger partial charge on any atom is -0.490 e. The number of nitrogens with zero attached hydrogens (tertiary/aromatic N) is 1. The number of halogens is 1. The zero-order valence-electron chi connectivity index (χ0n) is 17.3. The van der Waals surface area contributed by atoms with E-state index in [4.69, 9.17) is 16.3 Å². The summed E-state index contributed by atoms with van der Waals surface area (Å²) in [5.41, 5.74) is 1.58. The van der Waals surface area contributed by atoms with Crippen molar-refractivity contribution in [2.75, 3.05) is 0 Å². The predicted octanol–water partition coefficient (Wildman–Crippen LogP) is 5.89. The molecule has 1 saturated carbocycles. The van der Waals surface area contributed by atoms with Gasteiger partial charge in [0.1, 0.15) is 5.75 Å². The minimum absolute atomic E-state index is 0.0461. The highest BCUT2D eigenvalue weighted by Gasteiger charge is 2.37. The number of aromatic nitrogens is 1. The van der Waals surface area contributed by atoms with E-state index in [-0.39, 0.29) is 18.1 Å². The van der Waals surface area contributed by atoms with Gasteiger partial charge in [-0.2, -0.15) is 0 Å². The SMILES string of the molecule is CCC(NC(=O)c1ccc(Cl)cc1)[C@@H]1C[C@@H](Oc2ccnc3ccccc23)C[C@@H]1C. The van der Waals surface area contributed by atoms with Crippen LogP contribution in [0.25, 0.3) is 10.9 Å². The maximum atomic E-state index is 12.7. The number of pyridine rings is 1. The highest BCUT2D eigenvalue weighted by atomic mass is 35.5. The molecule has 0 saturated heterocycles. The van der Waals surface area contributed by atoms with E-state index in [1.165, 1.54) is 0 Å². The zero-order chi connectivity index (χ0) is 21.1. The Morgan fingerprint density at radius 2 is 1.93 bits per heavy atom. The van der Waals surface area contributed by atoms with Crippen molar-refractivity contribution in [2.45, 2.75) is 45.3 Å². The molecule has 1 fully saturated rings. The molecule has 0 bridgehead atoms. The van der Waals surface area contributed by atoms with Gasteiger partial charge in [0.2, 0.25) is 0 Å². The lowest BCUT2D eigenvalue weighted by Gasteiger charge is -2.27. The minimum atomic E-state index is -0.0461. The molecule has 156 valence electrons. The van der Waals surface area contributed by atoms with E-state index in [0.29, 0.717) is 22.4 Å². The van der Waals surface area contributed by atoms with Crippen molar-refractivity contribution in [3.63, 3.8) is 0 Å². The van der Waals surface area contributed by atoms with Crippen LogP contribution in [-0.2, 0) is 0 Å². The van der Waals surface area contributed by atoms with Crippen LogP contribution < -0.4 is 10.1 Å². The van der Waals surface area contributed by atoms with Crippen LogP contribution in [0.2, 0.25) is 5.02 Å². The third kappa shape index (κ3) is 4.44. The number of hydrogen-bond donors (Lipinski definition) is 1. The number of nitrogens with one attached hydrogen (secondary N) is 1. The topological polar surface area (TPSA) is 51.2 Å². The molecule has 0 aliphatic heterocycles. The monoisotopic (exact) mass is 422 g/mol. The standard InChI is InChI=1S/C25H27ClN2O2/c1-3-22(28-25(29)17-8-10-18(26)11-9-17)21-15-19(14-16(21)2)30-24-12-13-27-23-7-5-4-6-20(23)24/h4-13,16,19,21-22H,3,14-15H2,1-2H3,(H,28,29)/t16-,19-,21+,22?/m0/s1. The van der Waals surface area contributed by atoms with Crippen molar-refractivity contribution in [2.24, 2.45) is 11.8 Å². The quantitative estimate of drug-likeness (QED) is 0.538. The van der Waals surface area contributed by atoms with Gasteiger partial charge in [-0.15, -0.1) is 0 Å². The van der Waals surface area contributed by atoms with Crippen LogP contribution in [0, 0.1) is 11.8 Å². The molecule has 0 radical (unpaired) electrons. The largest absolute Gasteiger partial charge is 0.490 e. The van der Waals surface area contributed by atoms with Crippen LogP contribution in [0.1, 0.15) is 43.5 Å². The molecule has 4 nitrogen and oxygen atoms in total. The highest BCUT2D eigenvalue weighted by Crippen LogP contribution is 2.38. The third-order valence-electron chi connectivity index (χ3n) is 6.18. The fourth-order valence-electron chi connectivity index (χ4n) is 4.60. The molecule has 1 unspecified atom stereocenters. The summed E-state index contributed by atoms with van der Waals surface area (Å²) < 4.78 is 6.42. The summed E-state index contributed by atoms with van der Waals surface area (Å²) in [6.45, 7) is 4.39. The maximum Gasteiger partial charge on any atom is 0.251 e. The van der Waals surface area contributed by atoms with Crippen molar-refractivity contribution in [1.82, 2.24) is 10.3 Å². The molecule has 3 aromatic rings. The molecule has 5 heteroatoms. The average molecular weight is 423 g/mol. The van der Waals surface area contributed by atoms with E-state index >= 15 is 0 Å². The number of ether oxygens (including phenoxy) is 1. The second-order valence-corrected chi connectivity index (χ2v) is 8.61. The first-order valence-electron chi connectivity index (χ1n) is 10.6. The van der Waals surface area contributed by atoms with Gasteiger partial charge in [0.15, 0.2) is 0 Å². The first kappa shape index (κ1) is 20.7. The van der Waals surface area contributed by atoms with Crippen molar-refractivity contribution >= 4 is 28.4 Å². The van der Waals surface area contributed by atoms with Crippen molar-refractivity contribution < 1.29 is 9.53 Å². The van der Waals surface area contributed by atoms with Crippen LogP contribution in [-0.4, -0.2) is 23.0 Å². The lowest BCUT2D eigenvalue weighted by Crippen LogP contribution is -2.41. The van der Waals surface area contributed by atoms with E-state index in [1.54, 1.807) is 30.5 Å². The Hall–Kier alpha value is -2.59. The Bertz CT molecular complexity index is 1020. The average Bonchev–Trinajstić information content (AvgIpc) is 3.12. The molecule has 1 amide bonds. The normalized spacial score (nSPS) is 22.0. The van der Waals surface area contributed by atoms with E-state index in [9.17, 15) is 4.79 Å². The molecule has 1 aromatic heterocycles. The van der Waals surface area contributed by atoms with Gasteiger partial charge in [0.25, 0.3) is 5.91 Å². The van der Waals surface area contributed by atoms with Crippen molar-refractivity contribution in [3.8, 4) is 5.75 Å². The second-order valence-electron chi connectivity index (χ2n) is 8.17. The summed E-state index contributed by atoms with van der Waals surface area (Å²) in [6.07, 6.45) is 4.73. The van der Waals surface area contributed by atoms with Gasteiger partial charge in [0.05, 0.1) is 11.6 Å². The molecule has 4 rings (SSSR count). The second kappa shape index (κ2) is 9.05. The summed E-state index contributed by atoms with van der Waals surface area (Å²) >= 11 is 5.94. The van der Waals surface area contributed by atoms with E-state index < -0.39 is 0 Å². The summed E-state index contributed by atoms with van der Waals surface area (Å²) in [5, 5.41) is 4.91. The number of benzene rings is 2. The number of para-hydroxylation sites is 1. The number of fused-ring (bicyclic) bond motifs is 1. The van der Waals surface area contributed by atoms with Crippen LogP contribution in [0.15, 0.2) is 60.8 Å². The van der Waals surface area contributed by atoms with Gasteiger partial charge < -0.3 is 10.1 Å². The molecule has 1 aliphatic rings. The molecular formula is C25H27ClN2O2. The van der Waals surface area contributed by atoms with Crippen LogP contribution in [0.5, 0.6) is 5.75 Å². The number of hydrogen-bond acceptors (Lipinski definition) is 3. The smallest absolute Gasteiger partial charge is 0.251 e. The Balaban J connectivity index is 1.44. The Kier molecular flexibility index (Phi) is 6.24. The number of rotatable bonds is 6. The molecule has 1 aliphatic carbocycles. The Morgan fingerprint density at radius 3 is 2.70 bits per heavy atom. The van der Waals surface area contributed by atoms with Gasteiger partial charge in [-0.1, -0.05) is 37.6 Å². The van der Waals surface area contributed by atoms with Crippen molar-refractivity contribution in [3.05, 3.63) is 71.4 Å². The molecule has 2 aromatic carbocycles. The molecule has 4 atom stereocenters. The van der Waals surface area contributed by atoms with Gasteiger partial charge in [-0.3, -0.25) is 9.78 Å². The van der Waals surface area contributed by atoms with Gasteiger partial charge in [0, 0.05) is 28.2 Å². The summed E-state index contributed by atoms with van der Waals surface area (Å²) in [6, 6.07) is 17.1. The molecular weight excluding hydrogens is 396 g/mol. The fraction of sp³-hybridized carbons (Fsp3) is 0.360. The van der Waals surface area contributed by atoms with Gasteiger partial charge in [-0.05, 0) is 73.6 Å². The lowest BCUT2D eigenvalue weighted by molar-refractivity contribution is 0.0911. The maximum absolute atomic E-state index is 12.7.